The van der Waals surface area contributed by atoms with E-state index in [-0.39, 0.29) is 5.56 Å². The highest BCUT2D eigenvalue weighted by molar-refractivity contribution is 7.98. The third-order valence-corrected chi connectivity index (χ3v) is 2.39. The molecule has 0 saturated heterocycles. The van der Waals surface area contributed by atoms with Crippen LogP contribution in [0.2, 0.25) is 0 Å². The Hall–Kier alpha value is -0.840. The maximum absolute atomic E-state index is 11.4. The fraction of sp³-hybridized carbons (Fsp3) is 0.625. The van der Waals surface area contributed by atoms with E-state index >= 15 is 0 Å². The Morgan fingerprint density at radius 2 is 2.38 bits per heavy atom. The van der Waals surface area contributed by atoms with E-state index in [9.17, 15) is 4.79 Å². The summed E-state index contributed by atoms with van der Waals surface area (Å²) in [6.07, 6.45) is 5.23. The summed E-state index contributed by atoms with van der Waals surface area (Å²) in [4.78, 5) is 11.4. The Morgan fingerprint density at radius 3 is 3.00 bits per heavy atom. The fourth-order valence-electron chi connectivity index (χ4n) is 1.02. The first-order valence-electron chi connectivity index (χ1n) is 4.26. The summed E-state index contributed by atoms with van der Waals surface area (Å²) in [7, 11) is 0. The van der Waals surface area contributed by atoms with Gasteiger partial charge in [-0.15, -0.1) is 5.10 Å². The molecule has 1 heterocycles. The molecule has 0 unspecified atom stereocenters. The molecule has 5 heteroatoms. The third kappa shape index (κ3) is 2.55. The molecular weight excluding hydrogens is 186 g/mol. The second-order valence-electron chi connectivity index (χ2n) is 2.67. The van der Waals surface area contributed by atoms with Crippen LogP contribution in [0, 0.1) is 0 Å². The molecule has 72 valence electrons. The lowest BCUT2D eigenvalue weighted by molar-refractivity contribution is 0.534. The quantitative estimate of drug-likeness (QED) is 0.683. The van der Waals surface area contributed by atoms with Crippen LogP contribution in [-0.4, -0.2) is 21.0 Å². The van der Waals surface area contributed by atoms with Gasteiger partial charge >= 0.3 is 0 Å². The predicted molar refractivity (Wildman–Crippen MR) is 53.0 cm³/mol. The number of unbranched alkanes of at least 4 members (excludes halogenated alkanes) is 1. The standard InChI is InChI=1S/C8H13N3OS/c1-3-4-5-11-7(12)6-9-10-8(11)13-2/h6H,3-5H2,1-2H3. The van der Waals surface area contributed by atoms with Crippen molar-refractivity contribution in [2.75, 3.05) is 6.26 Å². The van der Waals surface area contributed by atoms with Crippen LogP contribution in [0.3, 0.4) is 0 Å². The molecule has 13 heavy (non-hydrogen) atoms. The van der Waals surface area contributed by atoms with Crippen LogP contribution in [0.5, 0.6) is 0 Å². The molecule has 0 N–H and O–H groups in total. The van der Waals surface area contributed by atoms with Gasteiger partial charge < -0.3 is 0 Å². The monoisotopic (exact) mass is 199 g/mol. The zero-order valence-corrected chi connectivity index (χ0v) is 8.67. The molecule has 1 aromatic heterocycles. The number of thioether (sulfide) groups is 1. The second kappa shape index (κ2) is 5.01. The van der Waals surface area contributed by atoms with E-state index in [2.05, 4.69) is 17.1 Å². The largest absolute Gasteiger partial charge is 0.285 e. The average molecular weight is 199 g/mol. The SMILES string of the molecule is CCCCn1c(SC)nncc1=O. The highest BCUT2D eigenvalue weighted by atomic mass is 32.2. The van der Waals surface area contributed by atoms with Crippen molar-refractivity contribution >= 4 is 11.8 Å². The van der Waals surface area contributed by atoms with Crippen LogP contribution < -0.4 is 5.56 Å². The Morgan fingerprint density at radius 1 is 1.62 bits per heavy atom. The summed E-state index contributed by atoms with van der Waals surface area (Å²) in [5, 5.41) is 8.20. The first-order valence-corrected chi connectivity index (χ1v) is 5.48. The Balaban J connectivity index is 2.94. The molecule has 0 fully saturated rings. The molecule has 1 aromatic rings. The molecule has 0 saturated carbocycles. The van der Waals surface area contributed by atoms with Gasteiger partial charge in [-0.05, 0) is 12.7 Å². The minimum Gasteiger partial charge on any atom is -0.285 e. The minimum atomic E-state index is -0.0622. The molecule has 0 aliphatic heterocycles. The lowest BCUT2D eigenvalue weighted by atomic mass is 10.3. The first-order chi connectivity index (χ1) is 6.29. The molecule has 1 rings (SSSR count). The van der Waals surface area contributed by atoms with Crippen LogP contribution in [0.4, 0.5) is 0 Å². The van der Waals surface area contributed by atoms with E-state index in [0.717, 1.165) is 19.4 Å². The summed E-state index contributed by atoms with van der Waals surface area (Å²) in [6, 6.07) is 0. The van der Waals surface area contributed by atoms with E-state index in [4.69, 9.17) is 0 Å². The van der Waals surface area contributed by atoms with Crippen LogP contribution in [0.1, 0.15) is 19.8 Å². The van der Waals surface area contributed by atoms with Crippen LogP contribution in [-0.2, 0) is 6.54 Å². The summed E-state index contributed by atoms with van der Waals surface area (Å²) < 4.78 is 1.67. The highest BCUT2D eigenvalue weighted by Gasteiger charge is 2.03. The Bertz CT molecular complexity index is 323. The molecule has 0 aliphatic carbocycles. The fourth-order valence-corrected chi connectivity index (χ4v) is 1.55. The molecule has 0 amide bonds. The lowest BCUT2D eigenvalue weighted by Crippen LogP contribution is -2.22. The number of hydrogen-bond donors (Lipinski definition) is 0. The summed E-state index contributed by atoms with van der Waals surface area (Å²) in [6.45, 7) is 2.83. The molecular formula is C8H13N3OS. The van der Waals surface area contributed by atoms with Gasteiger partial charge in [0.2, 0.25) is 0 Å². The second-order valence-corrected chi connectivity index (χ2v) is 3.45. The maximum atomic E-state index is 11.4. The smallest absolute Gasteiger partial charge is 0.272 e. The van der Waals surface area contributed by atoms with Crippen LogP contribution in [0.25, 0.3) is 0 Å². The van der Waals surface area contributed by atoms with Crippen molar-refractivity contribution in [3.05, 3.63) is 16.6 Å². The van der Waals surface area contributed by atoms with Crippen molar-refractivity contribution in [1.29, 1.82) is 0 Å². The van der Waals surface area contributed by atoms with Gasteiger partial charge in [0.25, 0.3) is 5.56 Å². The number of aromatic nitrogens is 3. The van der Waals surface area contributed by atoms with Crippen molar-refractivity contribution in [3.63, 3.8) is 0 Å². The molecule has 0 aliphatic rings. The summed E-state index contributed by atoms with van der Waals surface area (Å²) in [5.74, 6) is 0. The van der Waals surface area contributed by atoms with Crippen molar-refractivity contribution in [2.45, 2.75) is 31.5 Å². The van der Waals surface area contributed by atoms with Gasteiger partial charge in [0, 0.05) is 6.54 Å². The Kier molecular flexibility index (Phi) is 3.95. The van der Waals surface area contributed by atoms with E-state index in [1.54, 1.807) is 4.57 Å². The number of hydrogen-bond acceptors (Lipinski definition) is 4. The van der Waals surface area contributed by atoms with Gasteiger partial charge in [0.05, 0.1) is 0 Å². The van der Waals surface area contributed by atoms with Gasteiger partial charge in [0.15, 0.2) is 5.16 Å². The molecule has 0 aromatic carbocycles. The maximum Gasteiger partial charge on any atom is 0.272 e. The van der Waals surface area contributed by atoms with Gasteiger partial charge in [-0.25, -0.2) is 0 Å². The molecule has 4 nitrogen and oxygen atoms in total. The van der Waals surface area contributed by atoms with E-state index in [1.165, 1.54) is 18.0 Å². The molecule has 0 atom stereocenters. The van der Waals surface area contributed by atoms with Gasteiger partial charge in [-0.1, -0.05) is 25.1 Å². The number of nitrogens with zero attached hydrogens (tertiary/aromatic N) is 3. The van der Waals surface area contributed by atoms with Gasteiger partial charge in [-0.3, -0.25) is 9.36 Å². The number of rotatable bonds is 4. The zero-order chi connectivity index (χ0) is 9.68. The molecule has 0 bridgehead atoms. The van der Waals surface area contributed by atoms with E-state index < -0.39 is 0 Å². The summed E-state index contributed by atoms with van der Waals surface area (Å²) in [5.41, 5.74) is -0.0622. The van der Waals surface area contributed by atoms with E-state index in [0.29, 0.717) is 5.16 Å². The minimum absolute atomic E-state index is 0.0622. The Labute approximate surface area is 81.4 Å². The van der Waals surface area contributed by atoms with Crippen molar-refractivity contribution in [2.24, 2.45) is 0 Å². The average Bonchev–Trinajstić information content (AvgIpc) is 2.15. The predicted octanol–water partition coefficient (Wildman–Crippen LogP) is 1.16. The van der Waals surface area contributed by atoms with Crippen LogP contribution in [0.15, 0.2) is 16.1 Å². The first kappa shape index (κ1) is 10.2. The van der Waals surface area contributed by atoms with Gasteiger partial charge in [-0.2, -0.15) is 5.10 Å². The lowest BCUT2D eigenvalue weighted by Gasteiger charge is -2.06. The highest BCUT2D eigenvalue weighted by Crippen LogP contribution is 2.07. The van der Waals surface area contributed by atoms with Crippen LogP contribution >= 0.6 is 11.8 Å². The normalized spacial score (nSPS) is 10.3. The summed E-state index contributed by atoms with van der Waals surface area (Å²) >= 11 is 1.45. The zero-order valence-electron chi connectivity index (χ0n) is 7.86. The van der Waals surface area contributed by atoms with Gasteiger partial charge in [0.1, 0.15) is 6.20 Å². The van der Waals surface area contributed by atoms with E-state index in [1.807, 2.05) is 6.26 Å². The van der Waals surface area contributed by atoms with Crippen molar-refractivity contribution < 1.29 is 0 Å². The van der Waals surface area contributed by atoms with Crippen molar-refractivity contribution in [1.82, 2.24) is 14.8 Å². The molecule has 0 spiro atoms. The topological polar surface area (TPSA) is 47.8 Å². The molecule has 0 radical (unpaired) electrons. The van der Waals surface area contributed by atoms with Crippen molar-refractivity contribution in [3.8, 4) is 0 Å². The third-order valence-electron chi connectivity index (χ3n) is 1.73.